The zero-order valence-corrected chi connectivity index (χ0v) is 14.0. The van der Waals surface area contributed by atoms with Gasteiger partial charge < -0.3 is 5.73 Å². The van der Waals surface area contributed by atoms with Crippen LogP contribution >= 0.6 is 15.9 Å². The van der Waals surface area contributed by atoms with Gasteiger partial charge in [-0.25, -0.2) is 13.1 Å². The van der Waals surface area contributed by atoms with Crippen molar-refractivity contribution >= 4 is 31.6 Å². The molecule has 3 N–H and O–H groups in total. The maximum Gasteiger partial charge on any atom is 0.240 e. The first-order valence-electron chi connectivity index (χ1n) is 7.01. The molecule has 20 heavy (non-hydrogen) atoms. The summed E-state index contributed by atoms with van der Waals surface area (Å²) < 4.78 is 28.4. The molecule has 0 saturated heterocycles. The number of benzene rings is 1. The van der Waals surface area contributed by atoms with E-state index < -0.39 is 10.0 Å². The van der Waals surface area contributed by atoms with E-state index in [0.29, 0.717) is 16.1 Å². The molecule has 1 saturated carbocycles. The van der Waals surface area contributed by atoms with Crippen LogP contribution in [0.5, 0.6) is 0 Å². The molecule has 0 aliphatic heterocycles. The van der Waals surface area contributed by atoms with Crippen molar-refractivity contribution < 1.29 is 8.42 Å². The Morgan fingerprint density at radius 3 is 2.70 bits per heavy atom. The Morgan fingerprint density at radius 1 is 1.35 bits per heavy atom. The maximum absolute atomic E-state index is 12.5. The SMILES string of the molecule is CCC1CCCCC1NS(=O)(=O)c1ccc(N)c(Br)c1. The lowest BCUT2D eigenvalue weighted by atomic mass is 9.83. The van der Waals surface area contributed by atoms with Crippen LogP contribution in [0.25, 0.3) is 0 Å². The van der Waals surface area contributed by atoms with E-state index in [4.69, 9.17) is 5.73 Å². The molecule has 1 aliphatic carbocycles. The van der Waals surface area contributed by atoms with Crippen LogP contribution in [0.1, 0.15) is 39.0 Å². The zero-order valence-electron chi connectivity index (χ0n) is 11.6. The molecule has 2 atom stereocenters. The molecule has 0 aromatic heterocycles. The lowest BCUT2D eigenvalue weighted by molar-refractivity contribution is 0.282. The maximum atomic E-state index is 12.5. The van der Waals surface area contributed by atoms with Gasteiger partial charge in [0, 0.05) is 16.2 Å². The number of nitrogens with two attached hydrogens (primary N) is 1. The van der Waals surface area contributed by atoms with Gasteiger partial charge in [0.25, 0.3) is 0 Å². The normalized spacial score (nSPS) is 23.7. The van der Waals surface area contributed by atoms with E-state index >= 15 is 0 Å². The first kappa shape index (κ1) is 15.8. The predicted molar refractivity (Wildman–Crippen MR) is 84.9 cm³/mol. The summed E-state index contributed by atoms with van der Waals surface area (Å²) in [5, 5.41) is 0. The molecule has 2 rings (SSSR count). The minimum atomic E-state index is -3.48. The van der Waals surface area contributed by atoms with Crippen molar-refractivity contribution in [1.82, 2.24) is 4.72 Å². The van der Waals surface area contributed by atoms with Crippen LogP contribution in [0.4, 0.5) is 5.69 Å². The Morgan fingerprint density at radius 2 is 2.05 bits per heavy atom. The van der Waals surface area contributed by atoms with Gasteiger partial charge in [0.15, 0.2) is 0 Å². The van der Waals surface area contributed by atoms with Gasteiger partial charge in [-0.3, -0.25) is 0 Å². The molecular weight excluding hydrogens is 340 g/mol. The Balaban J connectivity index is 2.19. The standard InChI is InChI=1S/C14H21BrN2O2S/c1-2-10-5-3-4-6-14(10)17-20(18,19)11-7-8-13(16)12(15)9-11/h7-10,14,17H,2-6,16H2,1H3. The molecule has 4 nitrogen and oxygen atoms in total. The van der Waals surface area contributed by atoms with Crippen molar-refractivity contribution in [2.75, 3.05) is 5.73 Å². The van der Waals surface area contributed by atoms with Gasteiger partial charge in [-0.2, -0.15) is 0 Å². The van der Waals surface area contributed by atoms with Crippen LogP contribution in [0.15, 0.2) is 27.6 Å². The van der Waals surface area contributed by atoms with E-state index in [2.05, 4.69) is 27.6 Å². The molecule has 112 valence electrons. The summed E-state index contributed by atoms with van der Waals surface area (Å²) in [5.41, 5.74) is 6.23. The number of nitrogens with one attached hydrogen (secondary N) is 1. The number of hydrogen-bond donors (Lipinski definition) is 2. The van der Waals surface area contributed by atoms with Crippen LogP contribution in [-0.4, -0.2) is 14.5 Å². The molecule has 0 radical (unpaired) electrons. The van der Waals surface area contributed by atoms with Crippen LogP contribution in [0, 0.1) is 5.92 Å². The van der Waals surface area contributed by atoms with Gasteiger partial charge in [0.05, 0.1) is 4.90 Å². The van der Waals surface area contributed by atoms with Crippen molar-refractivity contribution in [3.05, 3.63) is 22.7 Å². The molecule has 0 amide bonds. The van der Waals surface area contributed by atoms with Crippen LogP contribution in [-0.2, 0) is 10.0 Å². The van der Waals surface area contributed by atoms with Crippen molar-refractivity contribution in [1.29, 1.82) is 0 Å². The summed E-state index contributed by atoms with van der Waals surface area (Å²) in [5.74, 6) is 0.441. The molecule has 1 aromatic carbocycles. The highest BCUT2D eigenvalue weighted by Gasteiger charge is 2.28. The van der Waals surface area contributed by atoms with Gasteiger partial charge in [-0.1, -0.05) is 26.2 Å². The lowest BCUT2D eigenvalue weighted by Gasteiger charge is -2.31. The predicted octanol–water partition coefficient (Wildman–Crippen LogP) is 3.28. The highest BCUT2D eigenvalue weighted by molar-refractivity contribution is 9.10. The van der Waals surface area contributed by atoms with Crippen molar-refractivity contribution in [3.63, 3.8) is 0 Å². The molecule has 2 unspecified atom stereocenters. The molecular formula is C14H21BrN2O2S. The Labute approximate surface area is 129 Å². The molecule has 1 aliphatic rings. The smallest absolute Gasteiger partial charge is 0.240 e. The molecule has 0 heterocycles. The minimum Gasteiger partial charge on any atom is -0.398 e. The van der Waals surface area contributed by atoms with Crippen LogP contribution < -0.4 is 10.5 Å². The summed E-state index contributed by atoms with van der Waals surface area (Å²) in [7, 11) is -3.48. The van der Waals surface area contributed by atoms with Crippen LogP contribution in [0.3, 0.4) is 0 Å². The summed E-state index contributed by atoms with van der Waals surface area (Å²) in [6, 6.07) is 4.76. The average molecular weight is 361 g/mol. The van der Waals surface area contributed by atoms with Gasteiger partial charge >= 0.3 is 0 Å². The molecule has 0 bridgehead atoms. The van der Waals surface area contributed by atoms with Crippen molar-refractivity contribution in [3.8, 4) is 0 Å². The molecule has 1 fully saturated rings. The second-order valence-corrected chi connectivity index (χ2v) is 7.93. The fraction of sp³-hybridized carbons (Fsp3) is 0.571. The van der Waals surface area contributed by atoms with Crippen molar-refractivity contribution in [2.24, 2.45) is 5.92 Å². The molecule has 6 heteroatoms. The number of halogens is 1. The first-order valence-corrected chi connectivity index (χ1v) is 9.29. The van der Waals surface area contributed by atoms with E-state index in [1.165, 1.54) is 6.42 Å². The third kappa shape index (κ3) is 3.54. The lowest BCUT2D eigenvalue weighted by Crippen LogP contribution is -2.41. The van der Waals surface area contributed by atoms with Gasteiger partial charge in [0.1, 0.15) is 0 Å². The fourth-order valence-electron chi connectivity index (χ4n) is 2.79. The van der Waals surface area contributed by atoms with Gasteiger partial charge in [-0.15, -0.1) is 0 Å². The summed E-state index contributed by atoms with van der Waals surface area (Å²) in [6.45, 7) is 2.12. The van der Waals surface area contributed by atoms with E-state index in [0.717, 1.165) is 25.7 Å². The molecule has 0 spiro atoms. The van der Waals surface area contributed by atoms with Gasteiger partial charge in [0.2, 0.25) is 10.0 Å². The summed E-state index contributed by atoms with van der Waals surface area (Å²) >= 11 is 3.27. The minimum absolute atomic E-state index is 0.0510. The number of hydrogen-bond acceptors (Lipinski definition) is 3. The summed E-state index contributed by atoms with van der Waals surface area (Å²) in [4.78, 5) is 0.263. The number of anilines is 1. The second-order valence-electron chi connectivity index (χ2n) is 5.36. The third-order valence-corrected chi connectivity index (χ3v) is 6.20. The third-order valence-electron chi connectivity index (χ3n) is 4.02. The average Bonchev–Trinajstić information content (AvgIpc) is 2.42. The second kappa shape index (κ2) is 6.45. The van der Waals surface area contributed by atoms with E-state index in [9.17, 15) is 8.42 Å². The Kier molecular flexibility index (Phi) is 5.09. The first-order chi connectivity index (χ1) is 9.44. The fourth-order valence-corrected chi connectivity index (χ4v) is 4.69. The van der Waals surface area contributed by atoms with E-state index in [1.54, 1.807) is 18.2 Å². The van der Waals surface area contributed by atoms with Crippen LogP contribution in [0.2, 0.25) is 0 Å². The van der Waals surface area contributed by atoms with E-state index in [1.807, 2.05) is 0 Å². The highest BCUT2D eigenvalue weighted by Crippen LogP contribution is 2.29. The van der Waals surface area contributed by atoms with Gasteiger partial charge in [-0.05, 0) is 52.9 Å². The topological polar surface area (TPSA) is 72.2 Å². The largest absolute Gasteiger partial charge is 0.398 e. The number of nitrogen functional groups attached to an aromatic ring is 1. The Hall–Kier alpha value is -0.590. The van der Waals surface area contributed by atoms with E-state index in [-0.39, 0.29) is 10.9 Å². The monoisotopic (exact) mass is 360 g/mol. The quantitative estimate of drug-likeness (QED) is 0.809. The number of sulfonamides is 1. The molecule has 1 aromatic rings. The summed E-state index contributed by atoms with van der Waals surface area (Å²) in [6.07, 6.45) is 5.33. The highest BCUT2D eigenvalue weighted by atomic mass is 79.9. The Bertz CT molecular complexity index is 575. The number of rotatable bonds is 4. The zero-order chi connectivity index (χ0) is 14.8. The van der Waals surface area contributed by atoms with Crippen molar-refractivity contribution in [2.45, 2.75) is 50.0 Å².